The van der Waals surface area contributed by atoms with E-state index >= 15 is 0 Å². The lowest BCUT2D eigenvalue weighted by atomic mass is 10.2. The van der Waals surface area contributed by atoms with Gasteiger partial charge in [-0.1, -0.05) is 24.1 Å². The zero-order chi connectivity index (χ0) is 11.1. The summed E-state index contributed by atoms with van der Waals surface area (Å²) in [6, 6.07) is 7.25. The van der Waals surface area contributed by atoms with Gasteiger partial charge in [0, 0.05) is 11.6 Å². The molecule has 0 spiro atoms. The Morgan fingerprint density at radius 2 is 2.27 bits per heavy atom. The molecule has 1 aromatic rings. The van der Waals surface area contributed by atoms with Gasteiger partial charge < -0.3 is 10.5 Å². The fourth-order valence-corrected chi connectivity index (χ4v) is 1.04. The van der Waals surface area contributed by atoms with E-state index in [1.165, 1.54) is 6.08 Å². The van der Waals surface area contributed by atoms with Crippen LogP contribution in [0.5, 0.6) is 5.75 Å². The maximum absolute atomic E-state index is 10.6. The summed E-state index contributed by atoms with van der Waals surface area (Å²) in [5.74, 6) is 2.50. The molecule has 0 aliphatic heterocycles. The molecule has 3 heteroatoms. The minimum absolute atomic E-state index is 0.196. The summed E-state index contributed by atoms with van der Waals surface area (Å²) < 4.78 is 5.28. The van der Waals surface area contributed by atoms with Crippen LogP contribution in [0, 0.1) is 12.3 Å². The molecular formula is C12H11NO2. The molecule has 3 nitrogen and oxygen atoms in total. The molecule has 0 radical (unpaired) electrons. The SMILES string of the molecule is C#CCOc1ccccc1/C=C/C(N)=O. The van der Waals surface area contributed by atoms with Gasteiger partial charge in [-0.05, 0) is 12.1 Å². The van der Waals surface area contributed by atoms with Crippen molar-refractivity contribution in [1.29, 1.82) is 0 Å². The summed E-state index contributed by atoms with van der Waals surface area (Å²) in [5, 5.41) is 0. The Morgan fingerprint density at radius 1 is 1.53 bits per heavy atom. The second-order valence-electron chi connectivity index (χ2n) is 2.77. The third-order valence-electron chi connectivity index (χ3n) is 1.66. The molecule has 1 rings (SSSR count). The predicted octanol–water partition coefficient (Wildman–Crippen LogP) is 1.20. The summed E-state index contributed by atoms with van der Waals surface area (Å²) >= 11 is 0. The predicted molar refractivity (Wildman–Crippen MR) is 59.0 cm³/mol. The molecule has 0 aliphatic carbocycles. The van der Waals surface area contributed by atoms with Gasteiger partial charge in [0.2, 0.25) is 5.91 Å². The lowest BCUT2D eigenvalue weighted by Crippen LogP contribution is -2.05. The van der Waals surface area contributed by atoms with Crippen molar-refractivity contribution in [2.24, 2.45) is 5.73 Å². The van der Waals surface area contributed by atoms with Crippen LogP contribution >= 0.6 is 0 Å². The lowest BCUT2D eigenvalue weighted by molar-refractivity contribution is -0.113. The highest BCUT2D eigenvalue weighted by molar-refractivity contribution is 5.90. The van der Waals surface area contributed by atoms with Crippen LogP contribution in [-0.2, 0) is 4.79 Å². The van der Waals surface area contributed by atoms with E-state index in [2.05, 4.69) is 5.92 Å². The van der Waals surface area contributed by atoms with Gasteiger partial charge in [0.05, 0.1) is 0 Å². The first kappa shape index (κ1) is 10.9. The topological polar surface area (TPSA) is 52.3 Å². The van der Waals surface area contributed by atoms with E-state index in [4.69, 9.17) is 16.9 Å². The summed E-state index contributed by atoms with van der Waals surface area (Å²) in [4.78, 5) is 10.6. The molecule has 0 aliphatic rings. The number of hydrogen-bond donors (Lipinski definition) is 1. The van der Waals surface area contributed by atoms with Crippen LogP contribution in [0.1, 0.15) is 5.56 Å². The fourth-order valence-electron chi connectivity index (χ4n) is 1.04. The molecule has 0 aromatic heterocycles. The highest BCUT2D eigenvalue weighted by atomic mass is 16.5. The second kappa shape index (κ2) is 5.51. The van der Waals surface area contributed by atoms with Crippen molar-refractivity contribution in [2.45, 2.75) is 0 Å². The fraction of sp³-hybridized carbons (Fsp3) is 0.0833. The van der Waals surface area contributed by atoms with Crippen molar-refractivity contribution < 1.29 is 9.53 Å². The number of benzene rings is 1. The van der Waals surface area contributed by atoms with E-state index in [0.717, 1.165) is 5.56 Å². The average Bonchev–Trinajstić information content (AvgIpc) is 2.24. The number of amides is 1. The number of hydrogen-bond acceptors (Lipinski definition) is 2. The number of carbonyl (C=O) groups is 1. The van der Waals surface area contributed by atoms with E-state index in [-0.39, 0.29) is 6.61 Å². The number of terminal acetylenes is 1. The van der Waals surface area contributed by atoms with Crippen LogP contribution in [0.25, 0.3) is 6.08 Å². The normalized spacial score (nSPS) is 9.80. The van der Waals surface area contributed by atoms with Gasteiger partial charge >= 0.3 is 0 Å². The molecule has 0 atom stereocenters. The number of nitrogens with two attached hydrogens (primary N) is 1. The van der Waals surface area contributed by atoms with Crippen LogP contribution in [-0.4, -0.2) is 12.5 Å². The summed E-state index contributed by atoms with van der Waals surface area (Å²) in [6.07, 6.45) is 7.95. The van der Waals surface area contributed by atoms with E-state index in [0.29, 0.717) is 5.75 Å². The van der Waals surface area contributed by atoms with Crippen molar-refractivity contribution in [3.8, 4) is 18.1 Å². The molecule has 15 heavy (non-hydrogen) atoms. The standard InChI is InChI=1S/C12H11NO2/c1-2-9-15-11-6-4-3-5-10(11)7-8-12(13)14/h1,3-8H,9H2,(H2,13,14)/b8-7+. The van der Waals surface area contributed by atoms with Crippen LogP contribution in [0.2, 0.25) is 0 Å². The number of carbonyl (C=O) groups excluding carboxylic acids is 1. The van der Waals surface area contributed by atoms with Gasteiger partial charge in [0.25, 0.3) is 0 Å². The molecule has 2 N–H and O–H groups in total. The molecule has 0 fully saturated rings. The highest BCUT2D eigenvalue weighted by Crippen LogP contribution is 2.18. The number of para-hydroxylation sites is 1. The highest BCUT2D eigenvalue weighted by Gasteiger charge is 1.98. The van der Waals surface area contributed by atoms with E-state index in [9.17, 15) is 4.79 Å². The zero-order valence-corrected chi connectivity index (χ0v) is 8.14. The Bertz CT molecular complexity index is 416. The van der Waals surface area contributed by atoms with Gasteiger partial charge in [0.1, 0.15) is 12.4 Å². The van der Waals surface area contributed by atoms with Crippen LogP contribution in [0.3, 0.4) is 0 Å². The molecule has 0 saturated carbocycles. The number of primary amides is 1. The first-order valence-corrected chi connectivity index (χ1v) is 4.37. The van der Waals surface area contributed by atoms with Gasteiger partial charge in [-0.3, -0.25) is 4.79 Å². The largest absolute Gasteiger partial charge is 0.480 e. The summed E-state index contributed by atoms with van der Waals surface area (Å²) in [7, 11) is 0. The smallest absolute Gasteiger partial charge is 0.241 e. The van der Waals surface area contributed by atoms with Gasteiger partial charge in [-0.2, -0.15) is 0 Å². The monoisotopic (exact) mass is 201 g/mol. The number of rotatable bonds is 4. The van der Waals surface area contributed by atoms with E-state index in [1.807, 2.05) is 18.2 Å². The quantitative estimate of drug-likeness (QED) is 0.587. The van der Waals surface area contributed by atoms with Crippen LogP contribution in [0.4, 0.5) is 0 Å². The Hall–Kier alpha value is -2.21. The molecule has 1 amide bonds. The molecular weight excluding hydrogens is 190 g/mol. The Balaban J connectivity index is 2.86. The van der Waals surface area contributed by atoms with Crippen molar-refractivity contribution in [1.82, 2.24) is 0 Å². The third kappa shape index (κ3) is 3.57. The zero-order valence-electron chi connectivity index (χ0n) is 8.14. The molecule has 1 aromatic carbocycles. The molecule has 0 bridgehead atoms. The Kier molecular flexibility index (Phi) is 3.99. The van der Waals surface area contributed by atoms with E-state index < -0.39 is 5.91 Å². The van der Waals surface area contributed by atoms with Crippen LogP contribution in [0.15, 0.2) is 30.3 Å². The minimum Gasteiger partial charge on any atom is -0.480 e. The van der Waals surface area contributed by atoms with Gasteiger partial charge in [-0.25, -0.2) is 0 Å². The van der Waals surface area contributed by atoms with E-state index in [1.54, 1.807) is 12.1 Å². The maximum atomic E-state index is 10.6. The maximum Gasteiger partial charge on any atom is 0.241 e. The van der Waals surface area contributed by atoms with Crippen LogP contribution < -0.4 is 10.5 Å². The van der Waals surface area contributed by atoms with Crippen molar-refractivity contribution in [3.63, 3.8) is 0 Å². The Morgan fingerprint density at radius 3 is 2.93 bits per heavy atom. The van der Waals surface area contributed by atoms with Crippen molar-refractivity contribution in [3.05, 3.63) is 35.9 Å². The molecule has 0 heterocycles. The Labute approximate surface area is 88.5 Å². The summed E-state index contributed by atoms with van der Waals surface area (Å²) in [6.45, 7) is 0.196. The third-order valence-corrected chi connectivity index (χ3v) is 1.66. The molecule has 76 valence electrons. The molecule has 0 unspecified atom stereocenters. The van der Waals surface area contributed by atoms with Gasteiger partial charge in [0.15, 0.2) is 0 Å². The van der Waals surface area contributed by atoms with Crippen molar-refractivity contribution >= 4 is 12.0 Å². The first-order valence-electron chi connectivity index (χ1n) is 4.37. The summed E-state index contributed by atoms with van der Waals surface area (Å²) in [5.41, 5.74) is 5.76. The minimum atomic E-state index is -0.498. The van der Waals surface area contributed by atoms with Crippen molar-refractivity contribution in [2.75, 3.05) is 6.61 Å². The average molecular weight is 201 g/mol. The first-order chi connectivity index (χ1) is 7.24. The number of ether oxygens (including phenoxy) is 1. The lowest BCUT2D eigenvalue weighted by Gasteiger charge is -2.05. The van der Waals surface area contributed by atoms with Gasteiger partial charge in [-0.15, -0.1) is 6.42 Å². The molecule has 0 saturated heterocycles. The second-order valence-corrected chi connectivity index (χ2v) is 2.77.